The molecule has 7 nitrogen and oxygen atoms in total. The van der Waals surface area contributed by atoms with Crippen LogP contribution in [0.2, 0.25) is 0 Å². The number of fused-ring (bicyclic) bond motifs is 1. The van der Waals surface area contributed by atoms with Gasteiger partial charge in [0.1, 0.15) is 17.6 Å². The van der Waals surface area contributed by atoms with E-state index in [0.29, 0.717) is 30.8 Å². The third-order valence-electron chi connectivity index (χ3n) is 6.86. The van der Waals surface area contributed by atoms with Crippen LogP contribution in [-0.4, -0.2) is 47.1 Å². The minimum absolute atomic E-state index is 0.0372. The number of likely N-dealkylation sites (tertiary alicyclic amines) is 1. The summed E-state index contributed by atoms with van der Waals surface area (Å²) in [5.41, 5.74) is 1.20. The largest absolute Gasteiger partial charge is 0.496 e. The molecule has 1 aliphatic carbocycles. The first-order valence-corrected chi connectivity index (χ1v) is 11.5. The molecule has 2 heterocycles. The molecule has 1 saturated heterocycles. The Labute approximate surface area is 196 Å². The van der Waals surface area contributed by atoms with Crippen molar-refractivity contribution in [1.29, 1.82) is 5.26 Å². The van der Waals surface area contributed by atoms with E-state index in [9.17, 15) is 19.6 Å². The van der Waals surface area contributed by atoms with E-state index >= 15 is 0 Å². The zero-order chi connectivity index (χ0) is 25.3. The maximum absolute atomic E-state index is 13.4. The first kappa shape index (κ1) is 20.5. The fourth-order valence-electron chi connectivity index (χ4n) is 5.12. The van der Waals surface area contributed by atoms with Crippen LogP contribution in [0.5, 0.6) is 5.75 Å². The molecule has 1 aromatic heterocycles. The molecule has 4 atom stereocenters. The number of Topliss-reactive ketones (excluding diaryl/α,β-unsaturated/α-hetero) is 2. The molecule has 174 valence electrons. The highest BCUT2D eigenvalue weighted by Crippen LogP contribution is 2.32. The Bertz CT molecular complexity index is 1180. The predicted molar refractivity (Wildman–Crippen MR) is 124 cm³/mol. The van der Waals surface area contributed by atoms with Crippen molar-refractivity contribution < 1.29 is 21.9 Å². The third kappa shape index (κ3) is 4.80. The van der Waals surface area contributed by atoms with Gasteiger partial charge in [0.15, 0.2) is 5.78 Å². The number of ketones is 2. The van der Waals surface area contributed by atoms with E-state index in [0.717, 1.165) is 10.9 Å². The number of piperidine rings is 1. The smallest absolute Gasteiger partial charge is 0.227 e. The fourth-order valence-corrected chi connectivity index (χ4v) is 5.12. The van der Waals surface area contributed by atoms with Gasteiger partial charge in [-0.2, -0.15) is 5.26 Å². The van der Waals surface area contributed by atoms with Crippen LogP contribution in [-0.2, 0) is 9.59 Å². The molecule has 2 fully saturated rings. The number of hydrogen-bond donors (Lipinski definition) is 1. The highest BCUT2D eigenvalue weighted by Gasteiger charge is 2.39. The summed E-state index contributed by atoms with van der Waals surface area (Å²) in [6, 6.07) is 8.70. The van der Waals surface area contributed by atoms with Crippen LogP contribution in [0.4, 0.5) is 0 Å². The zero-order valence-corrected chi connectivity index (χ0v) is 19.1. The summed E-state index contributed by atoms with van der Waals surface area (Å²) in [4.78, 5) is 43.6. The Kier molecular flexibility index (Phi) is 6.06. The summed E-state index contributed by atoms with van der Waals surface area (Å²) < 4.78 is 21.0. The maximum atomic E-state index is 13.4. The lowest BCUT2D eigenvalue weighted by Crippen LogP contribution is -2.50. The number of carbonyl (C=O) groups excluding carboxylic acids is 3. The molecule has 1 N–H and O–H groups in total. The minimum Gasteiger partial charge on any atom is -0.496 e. The van der Waals surface area contributed by atoms with E-state index < -0.39 is 24.3 Å². The number of hydrogen-bond acceptors (Lipinski definition) is 5. The highest BCUT2D eigenvalue weighted by atomic mass is 16.5. The molecule has 2 aromatic rings. The average Bonchev–Trinajstić information content (AvgIpc) is 3.25. The molecule has 4 rings (SSSR count). The Balaban J connectivity index is 1.47. The molecule has 2 aliphatic rings. The van der Waals surface area contributed by atoms with Crippen LogP contribution in [0.3, 0.4) is 0 Å². The van der Waals surface area contributed by atoms with Crippen molar-refractivity contribution in [2.75, 3.05) is 13.7 Å². The van der Waals surface area contributed by atoms with Gasteiger partial charge >= 0.3 is 0 Å². The molecule has 1 unspecified atom stereocenters. The second-order valence-electron chi connectivity index (χ2n) is 9.27. The first-order chi connectivity index (χ1) is 16.6. The summed E-state index contributed by atoms with van der Waals surface area (Å²) in [5, 5.41) is 10.7. The summed E-state index contributed by atoms with van der Waals surface area (Å²) in [7, 11) is 1.57. The number of rotatable bonds is 7. The van der Waals surface area contributed by atoms with Crippen LogP contribution in [0.1, 0.15) is 65.1 Å². The van der Waals surface area contributed by atoms with Crippen molar-refractivity contribution in [2.45, 2.75) is 57.9 Å². The topological polar surface area (TPSA) is 103 Å². The Morgan fingerprint density at radius 2 is 2.21 bits per heavy atom. The van der Waals surface area contributed by atoms with E-state index in [-0.39, 0.29) is 49.1 Å². The molecule has 1 aliphatic heterocycles. The van der Waals surface area contributed by atoms with E-state index in [1.165, 1.54) is 4.90 Å². The number of nitrogens with zero attached hydrogens (tertiary/aromatic N) is 2. The second kappa shape index (κ2) is 9.78. The molecule has 0 bridgehead atoms. The van der Waals surface area contributed by atoms with Crippen molar-refractivity contribution >= 4 is 28.4 Å². The predicted octanol–water partition coefficient (Wildman–Crippen LogP) is 4.28. The second-order valence-corrected chi connectivity index (χ2v) is 9.27. The monoisotopic (exact) mass is 451 g/mol. The van der Waals surface area contributed by atoms with Gasteiger partial charge in [0.2, 0.25) is 5.91 Å². The molecular weight excluding hydrogens is 418 g/mol. The van der Waals surface area contributed by atoms with Gasteiger partial charge in [-0.1, -0.05) is 19.4 Å². The van der Waals surface area contributed by atoms with E-state index in [1.807, 2.05) is 25.1 Å². The van der Waals surface area contributed by atoms with Crippen LogP contribution in [0.15, 0.2) is 24.3 Å². The van der Waals surface area contributed by atoms with Crippen molar-refractivity contribution in [3.05, 3.63) is 30.0 Å². The summed E-state index contributed by atoms with van der Waals surface area (Å²) in [6.45, 7) is 2.41. The first-order valence-electron chi connectivity index (χ1n) is 12.5. The lowest BCUT2D eigenvalue weighted by atomic mass is 9.81. The molecule has 33 heavy (non-hydrogen) atoms. The molecule has 1 amide bonds. The number of nitrogens with one attached hydrogen (secondary N) is 1. The van der Waals surface area contributed by atoms with Crippen molar-refractivity contribution in [1.82, 2.24) is 9.88 Å². The minimum atomic E-state index is -1.50. The van der Waals surface area contributed by atoms with Crippen molar-refractivity contribution in [3.63, 3.8) is 0 Å². The van der Waals surface area contributed by atoms with Crippen LogP contribution in [0, 0.1) is 29.1 Å². The Morgan fingerprint density at radius 1 is 1.39 bits per heavy atom. The number of ether oxygens (including phenoxy) is 1. The number of aromatic nitrogens is 1. The molecule has 1 saturated carbocycles. The summed E-state index contributed by atoms with van der Waals surface area (Å²) in [5.74, 6) is -0.764. The van der Waals surface area contributed by atoms with Gasteiger partial charge in [0.05, 0.1) is 18.9 Å². The van der Waals surface area contributed by atoms with Gasteiger partial charge < -0.3 is 14.6 Å². The van der Waals surface area contributed by atoms with Gasteiger partial charge in [0, 0.05) is 44.9 Å². The molecule has 0 spiro atoms. The number of aromatic amines is 1. The number of benzene rings is 1. The van der Waals surface area contributed by atoms with Gasteiger partial charge in [-0.05, 0) is 49.8 Å². The van der Waals surface area contributed by atoms with E-state index in [4.69, 9.17) is 7.48 Å². The molecule has 7 heteroatoms. The Morgan fingerprint density at radius 3 is 2.94 bits per heavy atom. The number of nitriles is 1. The lowest BCUT2D eigenvalue weighted by Gasteiger charge is -2.39. The fraction of sp³-hybridized carbons (Fsp3) is 0.538. The average molecular weight is 452 g/mol. The lowest BCUT2D eigenvalue weighted by molar-refractivity contribution is -0.142. The number of methoxy groups -OCH3 is 1. The quantitative estimate of drug-likeness (QED) is 0.633. The van der Waals surface area contributed by atoms with Gasteiger partial charge in [-0.25, -0.2) is 0 Å². The molecule has 0 radical (unpaired) electrons. The zero-order valence-electron chi connectivity index (χ0n) is 21.1. The van der Waals surface area contributed by atoms with Gasteiger partial charge in [-0.15, -0.1) is 0 Å². The number of H-pyrrole nitrogens is 1. The number of amides is 1. The van der Waals surface area contributed by atoms with Gasteiger partial charge in [-0.3, -0.25) is 14.4 Å². The van der Waals surface area contributed by atoms with Crippen molar-refractivity contribution in [2.24, 2.45) is 17.8 Å². The summed E-state index contributed by atoms with van der Waals surface area (Å²) in [6.07, 6.45) is -0.172. The molecular formula is C26H31N3O4. The number of carbonyl (C=O) groups is 3. The third-order valence-corrected chi connectivity index (χ3v) is 6.86. The normalized spacial score (nSPS) is 26.9. The van der Waals surface area contributed by atoms with Crippen LogP contribution >= 0.6 is 0 Å². The van der Waals surface area contributed by atoms with E-state index in [2.05, 4.69) is 11.1 Å². The summed E-state index contributed by atoms with van der Waals surface area (Å²) >= 11 is 0. The SMILES string of the molecule is [2H]C1([2H])CC[C@@H](C[C@@H](C#N)N2CC(C)C[C@H](CC(=O)c3cc4c(OC)cccc4[nH]3)C2=O)C(=O)C1. The standard InChI is InChI=1S/C26H31N3O4/c1-16-10-18(12-24(31)22-13-20-21(28-22)7-5-9-25(20)33-2)26(32)29(15-16)19(14-27)11-17-6-3-4-8-23(17)30/h5,7,9,13,16-19,28H,3-4,6,8,10-12,15H2,1-2H3/t16?,17-,18+,19-/m0/s1/i4D2. The van der Waals surface area contributed by atoms with Crippen LogP contribution in [0.25, 0.3) is 10.9 Å². The Hall–Kier alpha value is -3.14. The van der Waals surface area contributed by atoms with Crippen LogP contribution < -0.4 is 4.74 Å². The maximum Gasteiger partial charge on any atom is 0.227 e. The highest BCUT2D eigenvalue weighted by molar-refractivity contribution is 6.02. The van der Waals surface area contributed by atoms with Crippen molar-refractivity contribution in [3.8, 4) is 11.8 Å². The molecule has 1 aromatic carbocycles. The van der Waals surface area contributed by atoms with E-state index in [1.54, 1.807) is 13.2 Å². The van der Waals surface area contributed by atoms with Gasteiger partial charge in [0.25, 0.3) is 0 Å².